The summed E-state index contributed by atoms with van der Waals surface area (Å²) in [7, 11) is 1.62. The van der Waals surface area contributed by atoms with Crippen LogP contribution in [0.2, 0.25) is 0 Å². The molecule has 0 spiro atoms. The molecular formula is C38H80N2O6P+. The highest BCUT2D eigenvalue weighted by Crippen LogP contribution is 2.43. The van der Waals surface area contributed by atoms with Crippen molar-refractivity contribution in [1.82, 2.24) is 5.32 Å². The maximum Gasteiger partial charge on any atom is 0.472 e. The third kappa shape index (κ3) is 33.8. The van der Waals surface area contributed by atoms with Gasteiger partial charge in [-0.25, -0.2) is 4.57 Å². The largest absolute Gasteiger partial charge is 0.472 e. The lowest BCUT2D eigenvalue weighted by Gasteiger charge is -2.26. The van der Waals surface area contributed by atoms with Crippen LogP contribution in [0.5, 0.6) is 0 Å². The van der Waals surface area contributed by atoms with Crippen molar-refractivity contribution in [3.05, 3.63) is 0 Å². The molecule has 0 fully saturated rings. The van der Waals surface area contributed by atoms with E-state index >= 15 is 0 Å². The smallest absolute Gasteiger partial charge is 0.391 e. The molecule has 8 nitrogen and oxygen atoms in total. The number of amides is 1. The highest BCUT2D eigenvalue weighted by molar-refractivity contribution is 7.47. The van der Waals surface area contributed by atoms with Crippen LogP contribution < -0.4 is 5.32 Å². The Hall–Kier alpha value is -0.500. The lowest BCUT2D eigenvalue weighted by molar-refractivity contribution is -0.870. The van der Waals surface area contributed by atoms with Gasteiger partial charge in [-0.1, -0.05) is 168 Å². The van der Waals surface area contributed by atoms with Crippen LogP contribution in [0.25, 0.3) is 0 Å². The molecule has 1 amide bonds. The monoisotopic (exact) mass is 692 g/mol. The minimum atomic E-state index is -4.30. The number of phosphoric ester groups is 1. The van der Waals surface area contributed by atoms with Crippen LogP contribution in [0.15, 0.2) is 0 Å². The average Bonchev–Trinajstić information content (AvgIpc) is 3.01. The van der Waals surface area contributed by atoms with Crippen LogP contribution in [0.3, 0.4) is 0 Å². The third-order valence-corrected chi connectivity index (χ3v) is 10.1. The van der Waals surface area contributed by atoms with Crippen molar-refractivity contribution in [2.45, 2.75) is 199 Å². The number of carbonyl (C=O) groups excluding carboxylic acids is 1. The SMILES string of the molecule is CCCCCCCCCCCCCCCCC(O)C(COP(=O)(O)OCC[N+](C)(C)C)NC(=O)CCCCCCCCCCCCC. The Morgan fingerprint density at radius 3 is 1.43 bits per heavy atom. The van der Waals surface area contributed by atoms with E-state index in [0.29, 0.717) is 23.9 Å². The highest BCUT2D eigenvalue weighted by atomic mass is 31.2. The van der Waals surface area contributed by atoms with E-state index in [4.69, 9.17) is 9.05 Å². The number of rotatable bonds is 36. The maximum absolute atomic E-state index is 12.8. The summed E-state index contributed by atoms with van der Waals surface area (Å²) < 4.78 is 23.5. The molecule has 0 saturated heterocycles. The van der Waals surface area contributed by atoms with E-state index in [-0.39, 0.29) is 19.1 Å². The van der Waals surface area contributed by atoms with E-state index < -0.39 is 20.0 Å². The molecule has 0 aliphatic heterocycles. The van der Waals surface area contributed by atoms with Crippen molar-refractivity contribution in [1.29, 1.82) is 0 Å². The van der Waals surface area contributed by atoms with Crippen molar-refractivity contribution in [3.8, 4) is 0 Å². The molecule has 0 rings (SSSR count). The molecule has 3 atom stereocenters. The Morgan fingerprint density at radius 1 is 0.638 bits per heavy atom. The number of quaternary nitrogens is 1. The van der Waals surface area contributed by atoms with Gasteiger partial charge in [0.15, 0.2) is 0 Å². The number of unbranched alkanes of at least 4 members (excludes halogenated alkanes) is 23. The van der Waals surface area contributed by atoms with Crippen LogP contribution in [0.1, 0.15) is 187 Å². The van der Waals surface area contributed by atoms with Gasteiger partial charge in [-0.05, 0) is 12.8 Å². The molecule has 47 heavy (non-hydrogen) atoms. The van der Waals surface area contributed by atoms with Crippen molar-refractivity contribution in [3.63, 3.8) is 0 Å². The van der Waals surface area contributed by atoms with Gasteiger partial charge < -0.3 is 19.8 Å². The average molecular weight is 692 g/mol. The number of phosphoric acid groups is 1. The molecule has 9 heteroatoms. The summed E-state index contributed by atoms with van der Waals surface area (Å²) >= 11 is 0. The van der Waals surface area contributed by atoms with Gasteiger partial charge in [0, 0.05) is 6.42 Å². The van der Waals surface area contributed by atoms with Gasteiger partial charge in [0.25, 0.3) is 0 Å². The number of likely N-dealkylation sites (N-methyl/N-ethyl adjacent to an activating group) is 1. The fourth-order valence-corrected chi connectivity index (χ4v) is 6.60. The van der Waals surface area contributed by atoms with Gasteiger partial charge in [-0.2, -0.15) is 0 Å². The summed E-state index contributed by atoms with van der Waals surface area (Å²) in [6.07, 6.45) is 31.1. The van der Waals surface area contributed by atoms with E-state index in [9.17, 15) is 19.4 Å². The normalized spacial score (nSPS) is 14.6. The molecule has 282 valence electrons. The first-order valence-electron chi connectivity index (χ1n) is 19.9. The zero-order valence-corrected chi connectivity index (χ0v) is 32.7. The number of hydrogen-bond donors (Lipinski definition) is 3. The lowest BCUT2D eigenvalue weighted by atomic mass is 10.0. The summed E-state index contributed by atoms with van der Waals surface area (Å²) in [6, 6.07) is -0.750. The fraction of sp³-hybridized carbons (Fsp3) is 0.974. The van der Waals surface area contributed by atoms with Crippen LogP contribution in [-0.4, -0.2) is 73.4 Å². The van der Waals surface area contributed by atoms with Crippen LogP contribution >= 0.6 is 7.82 Å². The molecule has 0 aromatic rings. The van der Waals surface area contributed by atoms with Crippen molar-refractivity contribution in [2.24, 2.45) is 0 Å². The number of carbonyl (C=O) groups is 1. The highest BCUT2D eigenvalue weighted by Gasteiger charge is 2.28. The Labute approximate surface area is 291 Å². The molecule has 0 aromatic heterocycles. The maximum atomic E-state index is 12.8. The summed E-state index contributed by atoms with van der Waals surface area (Å²) in [5.41, 5.74) is 0. The molecule has 3 unspecified atom stereocenters. The summed E-state index contributed by atoms with van der Waals surface area (Å²) in [5.74, 6) is -0.145. The zero-order chi connectivity index (χ0) is 35.1. The van der Waals surface area contributed by atoms with Crippen LogP contribution in [-0.2, 0) is 18.4 Å². The van der Waals surface area contributed by atoms with E-state index in [1.165, 1.54) is 122 Å². The van der Waals surface area contributed by atoms with Gasteiger partial charge >= 0.3 is 7.82 Å². The van der Waals surface area contributed by atoms with Crippen molar-refractivity contribution >= 4 is 13.7 Å². The number of hydrogen-bond acceptors (Lipinski definition) is 5. The predicted molar refractivity (Wildman–Crippen MR) is 199 cm³/mol. The Morgan fingerprint density at radius 2 is 1.02 bits per heavy atom. The molecule has 0 radical (unpaired) electrons. The number of aliphatic hydroxyl groups is 1. The van der Waals surface area contributed by atoms with Gasteiger partial charge in [-0.3, -0.25) is 13.8 Å². The molecule has 0 aliphatic carbocycles. The molecule has 3 N–H and O–H groups in total. The molecule has 0 saturated carbocycles. The van der Waals surface area contributed by atoms with E-state index in [0.717, 1.165) is 38.5 Å². The summed E-state index contributed by atoms with van der Waals surface area (Å²) in [6.45, 7) is 4.87. The van der Waals surface area contributed by atoms with Gasteiger partial charge in [0.1, 0.15) is 13.2 Å². The second kappa shape index (κ2) is 31.5. The third-order valence-electron chi connectivity index (χ3n) is 9.11. The Kier molecular flexibility index (Phi) is 31.1. The molecular weight excluding hydrogens is 611 g/mol. The van der Waals surface area contributed by atoms with Gasteiger partial charge in [0.05, 0.1) is 39.9 Å². The quantitative estimate of drug-likeness (QED) is 0.0343. The summed E-state index contributed by atoms with van der Waals surface area (Å²) in [5, 5.41) is 13.9. The van der Waals surface area contributed by atoms with Crippen molar-refractivity contribution in [2.75, 3.05) is 40.9 Å². The van der Waals surface area contributed by atoms with E-state index in [1.807, 2.05) is 21.1 Å². The summed E-state index contributed by atoms with van der Waals surface area (Å²) in [4.78, 5) is 23.0. The first kappa shape index (κ1) is 46.5. The first-order valence-corrected chi connectivity index (χ1v) is 21.4. The molecule has 0 aliphatic rings. The van der Waals surface area contributed by atoms with E-state index in [1.54, 1.807) is 0 Å². The van der Waals surface area contributed by atoms with Crippen molar-refractivity contribution < 1.29 is 32.9 Å². The van der Waals surface area contributed by atoms with Gasteiger partial charge in [0.2, 0.25) is 5.91 Å². The Bertz CT molecular complexity index is 748. The molecule has 0 heterocycles. The topological polar surface area (TPSA) is 105 Å². The van der Waals surface area contributed by atoms with Gasteiger partial charge in [-0.15, -0.1) is 0 Å². The Balaban J connectivity index is 4.42. The predicted octanol–water partition coefficient (Wildman–Crippen LogP) is 10.2. The van der Waals surface area contributed by atoms with E-state index in [2.05, 4.69) is 19.2 Å². The van der Waals surface area contributed by atoms with Crippen LogP contribution in [0, 0.1) is 0 Å². The van der Waals surface area contributed by atoms with Crippen LogP contribution in [0.4, 0.5) is 0 Å². The minimum absolute atomic E-state index is 0.0781. The number of nitrogens with zero attached hydrogens (tertiary/aromatic N) is 1. The second-order valence-electron chi connectivity index (χ2n) is 15.0. The lowest BCUT2D eigenvalue weighted by Crippen LogP contribution is -2.46. The zero-order valence-electron chi connectivity index (χ0n) is 31.8. The first-order chi connectivity index (χ1) is 22.5. The molecule has 0 bridgehead atoms. The molecule has 0 aromatic carbocycles. The number of nitrogens with one attached hydrogen (secondary N) is 1. The standard InChI is InChI=1S/C38H79N2O6P/c1-6-8-10-12-14-16-18-19-20-22-23-25-27-29-31-37(41)36(35-46-47(43,44)45-34-33-40(3,4)5)39-38(42)32-30-28-26-24-21-17-15-13-11-9-7-2/h36-37,41H,6-35H2,1-5H3,(H-,39,42,43,44)/p+1. The fourth-order valence-electron chi connectivity index (χ4n) is 5.87. The number of aliphatic hydroxyl groups excluding tert-OH is 1. The minimum Gasteiger partial charge on any atom is -0.391 e. The second-order valence-corrected chi connectivity index (χ2v) is 16.5.